The first-order chi connectivity index (χ1) is 13.7. The van der Waals surface area contributed by atoms with Crippen molar-refractivity contribution in [3.8, 4) is 11.3 Å². The van der Waals surface area contributed by atoms with Gasteiger partial charge < -0.3 is 5.32 Å². The van der Waals surface area contributed by atoms with Crippen molar-refractivity contribution < 1.29 is 22.4 Å². The third kappa shape index (κ3) is 5.07. The fraction of sp³-hybridized carbons (Fsp3) is 0.150. The molecule has 0 atom stereocenters. The molecule has 29 heavy (non-hydrogen) atoms. The van der Waals surface area contributed by atoms with Gasteiger partial charge in [-0.3, -0.25) is 9.59 Å². The number of hydrogen-bond acceptors (Lipinski definition) is 3. The highest BCUT2D eigenvalue weighted by molar-refractivity contribution is 5.94. The smallest absolute Gasteiger partial charge is 0.350 e. The van der Waals surface area contributed by atoms with E-state index in [-0.39, 0.29) is 18.7 Å². The van der Waals surface area contributed by atoms with E-state index in [0.717, 1.165) is 22.9 Å². The Morgan fingerprint density at radius 3 is 2.45 bits per heavy atom. The molecule has 5 nitrogen and oxygen atoms in total. The van der Waals surface area contributed by atoms with Crippen LogP contribution in [0.5, 0.6) is 0 Å². The molecule has 1 aromatic heterocycles. The van der Waals surface area contributed by atoms with Gasteiger partial charge in [-0.1, -0.05) is 6.07 Å². The Hall–Kier alpha value is -3.49. The van der Waals surface area contributed by atoms with Gasteiger partial charge in [0.05, 0.1) is 17.8 Å². The molecule has 0 aliphatic heterocycles. The molecule has 0 aliphatic rings. The Bertz CT molecular complexity index is 1080. The summed E-state index contributed by atoms with van der Waals surface area (Å²) in [6, 6.07) is 12.4. The normalized spacial score (nSPS) is 11.3. The van der Waals surface area contributed by atoms with Gasteiger partial charge in [0.15, 0.2) is 0 Å². The number of nitrogens with one attached hydrogen (secondary N) is 1. The zero-order valence-electron chi connectivity index (χ0n) is 14.9. The second-order valence-electron chi connectivity index (χ2n) is 6.12. The van der Waals surface area contributed by atoms with Gasteiger partial charge in [-0.25, -0.2) is 9.07 Å². The molecule has 0 radical (unpaired) electrons. The van der Waals surface area contributed by atoms with Crippen LogP contribution < -0.4 is 10.9 Å². The number of aromatic nitrogens is 2. The van der Waals surface area contributed by atoms with Crippen molar-refractivity contribution in [1.82, 2.24) is 15.1 Å². The maximum absolute atomic E-state index is 13.0. The average molecular weight is 405 g/mol. The molecule has 0 aliphatic carbocycles. The molecule has 0 bridgehead atoms. The van der Waals surface area contributed by atoms with Crippen molar-refractivity contribution in [1.29, 1.82) is 0 Å². The largest absolute Gasteiger partial charge is 0.416 e. The van der Waals surface area contributed by atoms with Crippen LogP contribution in [0.1, 0.15) is 15.9 Å². The number of hydrogen-bond donors (Lipinski definition) is 1. The third-order valence-electron chi connectivity index (χ3n) is 4.07. The summed E-state index contributed by atoms with van der Waals surface area (Å²) >= 11 is 0. The fourth-order valence-electron chi connectivity index (χ4n) is 2.60. The molecule has 0 fully saturated rings. The fourth-order valence-corrected chi connectivity index (χ4v) is 2.60. The van der Waals surface area contributed by atoms with Gasteiger partial charge in [0.2, 0.25) is 0 Å². The van der Waals surface area contributed by atoms with Gasteiger partial charge >= 0.3 is 6.18 Å². The molecule has 150 valence electrons. The first kappa shape index (κ1) is 20.2. The SMILES string of the molecule is O=C(NCCn1nc(-c2ccc(F)cc2)ccc1=O)c1cccc(C(F)(F)F)c1. The summed E-state index contributed by atoms with van der Waals surface area (Å²) in [7, 11) is 0. The van der Waals surface area contributed by atoms with Crippen LogP contribution in [0.4, 0.5) is 17.6 Å². The number of nitrogens with zero attached hydrogens (tertiary/aromatic N) is 2. The summed E-state index contributed by atoms with van der Waals surface area (Å²) in [5.74, 6) is -1.10. The summed E-state index contributed by atoms with van der Waals surface area (Å²) in [5.41, 5.74) is -0.429. The maximum atomic E-state index is 13.0. The molecule has 1 heterocycles. The molecule has 1 amide bonds. The number of benzene rings is 2. The Morgan fingerprint density at radius 2 is 1.76 bits per heavy atom. The minimum atomic E-state index is -4.55. The van der Waals surface area contributed by atoms with Gasteiger partial charge in [0.25, 0.3) is 11.5 Å². The molecular weight excluding hydrogens is 390 g/mol. The van der Waals surface area contributed by atoms with E-state index in [4.69, 9.17) is 0 Å². The number of alkyl halides is 3. The molecular formula is C20H15F4N3O2. The molecule has 0 saturated carbocycles. The lowest BCUT2D eigenvalue weighted by Gasteiger charge is -2.10. The Balaban J connectivity index is 1.67. The van der Waals surface area contributed by atoms with E-state index in [2.05, 4.69) is 10.4 Å². The predicted molar refractivity (Wildman–Crippen MR) is 97.7 cm³/mol. The van der Waals surface area contributed by atoms with E-state index in [9.17, 15) is 27.2 Å². The van der Waals surface area contributed by atoms with Crippen LogP contribution in [-0.4, -0.2) is 22.2 Å². The molecule has 0 saturated heterocycles. The molecule has 0 unspecified atom stereocenters. The number of amides is 1. The van der Waals surface area contributed by atoms with Crippen LogP contribution in [0.25, 0.3) is 11.3 Å². The van der Waals surface area contributed by atoms with Gasteiger partial charge in [-0.2, -0.15) is 18.3 Å². The summed E-state index contributed by atoms with van der Waals surface area (Å²) in [5, 5.41) is 6.63. The first-order valence-electron chi connectivity index (χ1n) is 8.53. The quantitative estimate of drug-likeness (QED) is 0.661. The number of rotatable bonds is 5. The van der Waals surface area contributed by atoms with Crippen molar-refractivity contribution in [3.05, 3.63) is 88.0 Å². The van der Waals surface area contributed by atoms with E-state index < -0.39 is 29.0 Å². The molecule has 3 aromatic rings. The van der Waals surface area contributed by atoms with Crippen molar-refractivity contribution in [3.63, 3.8) is 0 Å². The van der Waals surface area contributed by atoms with Crippen molar-refractivity contribution >= 4 is 5.91 Å². The van der Waals surface area contributed by atoms with Crippen LogP contribution in [-0.2, 0) is 12.7 Å². The van der Waals surface area contributed by atoms with Crippen LogP contribution in [0.2, 0.25) is 0 Å². The third-order valence-corrected chi connectivity index (χ3v) is 4.07. The Morgan fingerprint density at radius 1 is 1.03 bits per heavy atom. The van der Waals surface area contributed by atoms with Crippen LogP contribution in [0.3, 0.4) is 0 Å². The second kappa shape index (κ2) is 8.26. The van der Waals surface area contributed by atoms with Crippen LogP contribution >= 0.6 is 0 Å². The van der Waals surface area contributed by atoms with Gasteiger partial charge in [0.1, 0.15) is 5.82 Å². The Labute approximate surface area is 162 Å². The van der Waals surface area contributed by atoms with Crippen LogP contribution in [0.15, 0.2) is 65.5 Å². The summed E-state index contributed by atoms with van der Waals surface area (Å²) < 4.78 is 52.4. The van der Waals surface area contributed by atoms with Gasteiger partial charge in [-0.05, 0) is 48.5 Å². The van der Waals surface area contributed by atoms with Gasteiger partial charge in [0, 0.05) is 23.7 Å². The van der Waals surface area contributed by atoms with E-state index in [1.807, 2.05) is 0 Å². The second-order valence-corrected chi connectivity index (χ2v) is 6.12. The zero-order chi connectivity index (χ0) is 21.0. The summed E-state index contributed by atoms with van der Waals surface area (Å²) in [6.07, 6.45) is -4.55. The minimum Gasteiger partial charge on any atom is -0.350 e. The van der Waals surface area contributed by atoms with E-state index >= 15 is 0 Å². The van der Waals surface area contributed by atoms with Crippen molar-refractivity contribution in [2.24, 2.45) is 0 Å². The van der Waals surface area contributed by atoms with E-state index in [1.165, 1.54) is 42.5 Å². The maximum Gasteiger partial charge on any atom is 0.416 e. The van der Waals surface area contributed by atoms with E-state index in [1.54, 1.807) is 0 Å². The first-order valence-corrected chi connectivity index (χ1v) is 8.53. The zero-order valence-corrected chi connectivity index (χ0v) is 14.9. The average Bonchev–Trinajstić information content (AvgIpc) is 2.69. The van der Waals surface area contributed by atoms with E-state index in [0.29, 0.717) is 11.3 Å². The topological polar surface area (TPSA) is 64.0 Å². The van der Waals surface area contributed by atoms with Crippen LogP contribution in [0, 0.1) is 5.82 Å². The number of carbonyl (C=O) groups excluding carboxylic acids is 1. The summed E-state index contributed by atoms with van der Waals surface area (Å²) in [4.78, 5) is 24.1. The lowest BCUT2D eigenvalue weighted by Crippen LogP contribution is -2.32. The molecule has 2 aromatic carbocycles. The molecule has 3 rings (SSSR count). The standard InChI is InChI=1S/C20H15F4N3O2/c21-16-6-4-13(5-7-16)17-8-9-18(28)27(26-17)11-10-25-19(29)14-2-1-3-15(12-14)20(22,23)24/h1-9,12H,10-11H2,(H,25,29). The highest BCUT2D eigenvalue weighted by Gasteiger charge is 2.30. The minimum absolute atomic E-state index is 0.0125. The van der Waals surface area contributed by atoms with Crippen molar-refractivity contribution in [2.45, 2.75) is 12.7 Å². The molecule has 0 spiro atoms. The molecule has 9 heteroatoms. The lowest BCUT2D eigenvalue weighted by atomic mass is 10.1. The van der Waals surface area contributed by atoms with Crippen molar-refractivity contribution in [2.75, 3.05) is 6.54 Å². The number of halogens is 4. The highest BCUT2D eigenvalue weighted by atomic mass is 19.4. The number of carbonyl (C=O) groups is 1. The summed E-state index contributed by atoms with van der Waals surface area (Å²) in [6.45, 7) is -0.00652. The monoisotopic (exact) mass is 405 g/mol. The predicted octanol–water partition coefficient (Wildman–Crippen LogP) is 3.50. The Kier molecular flexibility index (Phi) is 5.76. The van der Waals surface area contributed by atoms with Gasteiger partial charge in [-0.15, -0.1) is 0 Å². The molecule has 1 N–H and O–H groups in total. The highest BCUT2D eigenvalue weighted by Crippen LogP contribution is 2.29. The lowest BCUT2D eigenvalue weighted by molar-refractivity contribution is -0.137.